The molecular formula is C24H24KN3O4. The molecule has 0 bridgehead atoms. The van der Waals surface area contributed by atoms with Crippen LogP contribution in [0, 0.1) is 0 Å². The second-order valence-electron chi connectivity index (χ2n) is 7.40. The number of carboxylic acids is 1. The summed E-state index contributed by atoms with van der Waals surface area (Å²) in [5.74, 6) is 1.16. The van der Waals surface area contributed by atoms with Crippen LogP contribution in [0.25, 0.3) is 0 Å². The summed E-state index contributed by atoms with van der Waals surface area (Å²) in [6.45, 7) is 4.07. The third kappa shape index (κ3) is 5.63. The Morgan fingerprint density at radius 2 is 1.91 bits per heavy atom. The molecule has 32 heavy (non-hydrogen) atoms. The minimum atomic E-state index is -1.18. The van der Waals surface area contributed by atoms with Crippen molar-refractivity contribution in [2.24, 2.45) is 0 Å². The van der Waals surface area contributed by atoms with Crippen LogP contribution in [0.1, 0.15) is 34.5 Å². The number of hydrogen-bond donors (Lipinski definition) is 1. The summed E-state index contributed by atoms with van der Waals surface area (Å²) in [5, 5.41) is 14.4. The molecule has 0 radical (unpaired) electrons. The number of nitrogens with one attached hydrogen (secondary N) is 1. The minimum absolute atomic E-state index is 0. The quantitative estimate of drug-likeness (QED) is 0.501. The maximum atomic E-state index is 11.0. The average molecular weight is 458 g/mol. The van der Waals surface area contributed by atoms with Crippen LogP contribution in [0.5, 0.6) is 11.5 Å². The molecule has 0 fully saturated rings. The third-order valence-electron chi connectivity index (χ3n) is 5.35. The summed E-state index contributed by atoms with van der Waals surface area (Å²) in [5.41, 5.74) is 3.19. The van der Waals surface area contributed by atoms with Gasteiger partial charge in [-0.05, 0) is 35.7 Å². The molecule has 0 aliphatic carbocycles. The maximum Gasteiger partial charge on any atom is 1.00 e. The van der Waals surface area contributed by atoms with E-state index < -0.39 is 5.97 Å². The minimum Gasteiger partial charge on any atom is -0.545 e. The number of fused-ring (bicyclic) bond motifs is 1. The van der Waals surface area contributed by atoms with E-state index >= 15 is 0 Å². The molecule has 8 heteroatoms. The van der Waals surface area contributed by atoms with E-state index in [9.17, 15) is 9.90 Å². The van der Waals surface area contributed by atoms with Gasteiger partial charge < -0.3 is 29.6 Å². The Bertz CT molecular complexity index is 1060. The molecule has 3 aromatic rings. The number of carbonyl (C=O) groups excluding carboxylic acids is 1. The van der Waals surface area contributed by atoms with E-state index in [-0.39, 0.29) is 63.0 Å². The topological polar surface area (TPSA) is 86.8 Å². The van der Waals surface area contributed by atoms with Crippen LogP contribution < -0.4 is 76.2 Å². The number of carboxylic acid groups (broad SMARTS) is 1. The fourth-order valence-electron chi connectivity index (χ4n) is 3.65. The summed E-state index contributed by atoms with van der Waals surface area (Å²) in [6.07, 6.45) is 1.73. The van der Waals surface area contributed by atoms with Gasteiger partial charge in [-0.2, -0.15) is 0 Å². The number of pyridine rings is 1. The molecule has 160 valence electrons. The van der Waals surface area contributed by atoms with Crippen molar-refractivity contribution in [2.75, 3.05) is 30.5 Å². The molecule has 4 rings (SSSR count). The summed E-state index contributed by atoms with van der Waals surface area (Å²) < 4.78 is 11.1. The fourth-order valence-corrected chi connectivity index (χ4v) is 3.65. The van der Waals surface area contributed by atoms with Crippen LogP contribution in [-0.4, -0.2) is 31.2 Å². The molecule has 1 aromatic heterocycles. The van der Waals surface area contributed by atoms with Crippen molar-refractivity contribution in [3.63, 3.8) is 0 Å². The van der Waals surface area contributed by atoms with Gasteiger partial charge in [0.05, 0.1) is 25.7 Å². The van der Waals surface area contributed by atoms with E-state index in [1.54, 1.807) is 37.6 Å². The predicted octanol–water partition coefficient (Wildman–Crippen LogP) is 0.0298. The Morgan fingerprint density at radius 3 is 2.56 bits per heavy atom. The number of aromatic carboxylic acids is 1. The van der Waals surface area contributed by atoms with Gasteiger partial charge in [-0.3, -0.25) is 0 Å². The number of rotatable bonds is 7. The van der Waals surface area contributed by atoms with Crippen molar-refractivity contribution in [1.82, 2.24) is 4.98 Å². The van der Waals surface area contributed by atoms with Crippen molar-refractivity contribution in [2.45, 2.75) is 19.5 Å². The first-order valence-electron chi connectivity index (χ1n) is 10.1. The van der Waals surface area contributed by atoms with E-state index in [0.717, 1.165) is 47.2 Å². The zero-order valence-electron chi connectivity index (χ0n) is 18.5. The standard InChI is InChI=1S/C24H25N3O4.K/c1-16(18-5-7-19(8-6-18)24(28)29)26-23-22-21(11-12-25-23)31-14-13-27(22)15-17-3-9-20(30-2)10-4-17;/h3-12,16H,13-15H2,1-2H3,(H,25,26)(H,28,29);/q;+1/p-1/t16-;/m0./s1. The van der Waals surface area contributed by atoms with Crippen LogP contribution in [0.4, 0.5) is 11.5 Å². The summed E-state index contributed by atoms with van der Waals surface area (Å²) in [4.78, 5) is 17.8. The van der Waals surface area contributed by atoms with Gasteiger partial charge in [0, 0.05) is 18.8 Å². The van der Waals surface area contributed by atoms with Crippen LogP contribution in [-0.2, 0) is 6.54 Å². The molecule has 0 spiro atoms. The predicted molar refractivity (Wildman–Crippen MR) is 117 cm³/mol. The Hall–Kier alpha value is -2.10. The number of hydrogen-bond acceptors (Lipinski definition) is 7. The van der Waals surface area contributed by atoms with E-state index in [0.29, 0.717) is 6.61 Å². The monoisotopic (exact) mass is 457 g/mol. The van der Waals surface area contributed by atoms with Gasteiger partial charge in [0.1, 0.15) is 23.8 Å². The Kier molecular flexibility index (Phi) is 8.55. The van der Waals surface area contributed by atoms with Gasteiger partial charge in [0.25, 0.3) is 0 Å². The number of aromatic nitrogens is 1. The van der Waals surface area contributed by atoms with Gasteiger partial charge in [0.2, 0.25) is 0 Å². The molecule has 1 aliphatic rings. The largest absolute Gasteiger partial charge is 1.00 e. The number of ether oxygens (including phenoxy) is 2. The van der Waals surface area contributed by atoms with Crippen molar-refractivity contribution in [3.8, 4) is 11.5 Å². The number of benzene rings is 2. The Morgan fingerprint density at radius 1 is 1.19 bits per heavy atom. The van der Waals surface area contributed by atoms with Gasteiger partial charge in [0.15, 0.2) is 5.82 Å². The van der Waals surface area contributed by atoms with Crippen molar-refractivity contribution >= 4 is 17.5 Å². The summed E-state index contributed by atoms with van der Waals surface area (Å²) in [6, 6.07) is 16.5. The van der Waals surface area contributed by atoms with E-state index in [2.05, 4.69) is 27.3 Å². The van der Waals surface area contributed by atoms with Gasteiger partial charge >= 0.3 is 51.4 Å². The molecule has 2 aromatic carbocycles. The first kappa shape index (κ1) is 24.5. The first-order valence-corrected chi connectivity index (χ1v) is 10.1. The molecule has 0 saturated heterocycles. The molecule has 1 N–H and O–H groups in total. The van der Waals surface area contributed by atoms with E-state index in [4.69, 9.17) is 9.47 Å². The number of methoxy groups -OCH3 is 1. The molecule has 1 aliphatic heterocycles. The zero-order valence-corrected chi connectivity index (χ0v) is 21.6. The van der Waals surface area contributed by atoms with E-state index in [1.807, 2.05) is 25.1 Å². The molecule has 0 unspecified atom stereocenters. The smallest absolute Gasteiger partial charge is 0.545 e. The second-order valence-corrected chi connectivity index (χ2v) is 7.40. The molecule has 7 nitrogen and oxygen atoms in total. The van der Waals surface area contributed by atoms with Gasteiger partial charge in [-0.15, -0.1) is 0 Å². The number of nitrogens with zero attached hydrogens (tertiary/aromatic N) is 2. The first-order chi connectivity index (χ1) is 15.0. The Labute approximate surface area is 230 Å². The van der Waals surface area contributed by atoms with Crippen molar-refractivity contribution in [1.29, 1.82) is 0 Å². The molecule has 2 heterocycles. The van der Waals surface area contributed by atoms with Gasteiger partial charge in [-0.1, -0.05) is 36.4 Å². The molecular weight excluding hydrogens is 433 g/mol. The molecule has 0 saturated carbocycles. The van der Waals surface area contributed by atoms with Crippen LogP contribution in [0.3, 0.4) is 0 Å². The number of carbonyl (C=O) groups is 1. The summed E-state index contributed by atoms with van der Waals surface area (Å²) in [7, 11) is 1.66. The van der Waals surface area contributed by atoms with Crippen LogP contribution in [0.2, 0.25) is 0 Å². The summed E-state index contributed by atoms with van der Waals surface area (Å²) >= 11 is 0. The zero-order chi connectivity index (χ0) is 21.8. The Balaban J connectivity index is 0.00000289. The maximum absolute atomic E-state index is 11.0. The van der Waals surface area contributed by atoms with Crippen LogP contribution in [0.15, 0.2) is 60.8 Å². The normalized spacial score (nSPS) is 13.2. The van der Waals surface area contributed by atoms with Crippen LogP contribution >= 0.6 is 0 Å². The SMILES string of the molecule is COc1ccc(CN2CCOc3ccnc(N[C@@H](C)c4ccc(C(=O)[O-])cc4)c32)cc1.[K+]. The van der Waals surface area contributed by atoms with E-state index in [1.165, 1.54) is 0 Å². The second kappa shape index (κ2) is 11.2. The van der Waals surface area contributed by atoms with Crippen molar-refractivity contribution < 1.29 is 70.8 Å². The molecule has 1 atom stereocenters. The number of anilines is 2. The average Bonchev–Trinajstić information content (AvgIpc) is 2.80. The van der Waals surface area contributed by atoms with Gasteiger partial charge in [-0.25, -0.2) is 4.98 Å². The van der Waals surface area contributed by atoms with Crippen molar-refractivity contribution in [3.05, 3.63) is 77.5 Å². The third-order valence-corrected chi connectivity index (χ3v) is 5.35. The fraction of sp³-hybridized carbons (Fsp3) is 0.250. The molecule has 0 amide bonds.